The molecule has 0 saturated heterocycles. The molecule has 102 valence electrons. The van der Waals surface area contributed by atoms with Gasteiger partial charge in [0.15, 0.2) is 11.0 Å². The first kappa shape index (κ1) is 14.6. The van der Waals surface area contributed by atoms with E-state index in [2.05, 4.69) is 29.8 Å². The van der Waals surface area contributed by atoms with E-state index >= 15 is 0 Å². The Bertz CT molecular complexity index is 578. The first-order valence-electron chi connectivity index (χ1n) is 6.15. The average Bonchev–Trinajstić information content (AvgIpc) is 2.68. The quantitative estimate of drug-likeness (QED) is 0.629. The minimum absolute atomic E-state index is 0.708. The lowest BCUT2D eigenvalue weighted by atomic mass is 10.2. The molecule has 19 heavy (non-hydrogen) atoms. The van der Waals surface area contributed by atoms with E-state index in [0.29, 0.717) is 5.02 Å². The molecule has 0 fully saturated rings. The highest BCUT2D eigenvalue weighted by molar-refractivity contribution is 8.00. The molecular formula is C13H18ClN3SSi. The SMILES string of the molecule is Cn1c(SC[Si](C)(C)C)nnc1-c1ccccc1Cl. The van der Waals surface area contributed by atoms with Crippen LogP contribution in [0.15, 0.2) is 29.4 Å². The zero-order chi connectivity index (χ0) is 14.0. The van der Waals surface area contributed by atoms with Crippen LogP contribution in [0.25, 0.3) is 11.4 Å². The van der Waals surface area contributed by atoms with Crippen molar-refractivity contribution in [1.82, 2.24) is 14.8 Å². The molecule has 2 aromatic rings. The highest BCUT2D eigenvalue weighted by Gasteiger charge is 2.18. The lowest BCUT2D eigenvalue weighted by molar-refractivity contribution is 0.795. The van der Waals surface area contributed by atoms with E-state index in [1.54, 1.807) is 11.8 Å². The standard InChI is InChI=1S/C13H18ClN3SSi/c1-17-12(10-7-5-6-8-11(10)14)15-16-13(17)18-9-19(2,3)4/h5-8H,9H2,1-4H3. The molecule has 0 saturated carbocycles. The predicted octanol–water partition coefficient (Wildman–Crippen LogP) is 4.11. The largest absolute Gasteiger partial charge is 0.305 e. The van der Waals surface area contributed by atoms with Crippen LogP contribution >= 0.6 is 23.4 Å². The molecule has 0 aliphatic heterocycles. The maximum Gasteiger partial charge on any atom is 0.190 e. The maximum absolute atomic E-state index is 6.21. The van der Waals surface area contributed by atoms with Gasteiger partial charge in [0.25, 0.3) is 0 Å². The molecule has 2 rings (SSSR count). The van der Waals surface area contributed by atoms with E-state index < -0.39 is 8.07 Å². The molecule has 1 aromatic carbocycles. The van der Waals surface area contributed by atoms with E-state index in [1.165, 1.54) is 0 Å². The summed E-state index contributed by atoms with van der Waals surface area (Å²) in [6, 6.07) is 7.73. The topological polar surface area (TPSA) is 30.7 Å². The van der Waals surface area contributed by atoms with Crippen LogP contribution in [-0.2, 0) is 7.05 Å². The summed E-state index contributed by atoms with van der Waals surface area (Å²) in [5.74, 6) is 0.823. The number of benzene rings is 1. The van der Waals surface area contributed by atoms with Crippen LogP contribution in [0, 0.1) is 0 Å². The summed E-state index contributed by atoms with van der Waals surface area (Å²) in [7, 11) is 0.903. The summed E-state index contributed by atoms with van der Waals surface area (Å²) in [5, 5.41) is 11.4. The molecule has 0 radical (unpaired) electrons. The Labute approximate surface area is 124 Å². The summed E-state index contributed by atoms with van der Waals surface area (Å²) in [5.41, 5.74) is 0.930. The predicted molar refractivity (Wildman–Crippen MR) is 85.5 cm³/mol. The van der Waals surface area contributed by atoms with Gasteiger partial charge < -0.3 is 4.57 Å². The summed E-state index contributed by atoms with van der Waals surface area (Å²) < 4.78 is 2.02. The minimum Gasteiger partial charge on any atom is -0.305 e. The number of halogens is 1. The lowest BCUT2D eigenvalue weighted by Gasteiger charge is -2.14. The third-order valence-corrected chi connectivity index (χ3v) is 7.57. The van der Waals surface area contributed by atoms with Crippen LogP contribution in [0.1, 0.15) is 0 Å². The van der Waals surface area contributed by atoms with Crippen molar-refractivity contribution in [3.63, 3.8) is 0 Å². The second-order valence-electron chi connectivity index (χ2n) is 5.69. The highest BCUT2D eigenvalue weighted by Crippen LogP contribution is 2.28. The second-order valence-corrected chi connectivity index (χ2v) is 13.0. The smallest absolute Gasteiger partial charge is 0.190 e. The number of aromatic nitrogens is 3. The number of thioether (sulfide) groups is 1. The molecule has 0 bridgehead atoms. The average molecular weight is 312 g/mol. The van der Waals surface area contributed by atoms with E-state index in [1.807, 2.05) is 35.9 Å². The summed E-state index contributed by atoms with van der Waals surface area (Å²) in [6.07, 6.45) is 0. The Morgan fingerprint density at radius 3 is 2.53 bits per heavy atom. The minimum atomic E-state index is -1.09. The van der Waals surface area contributed by atoms with Gasteiger partial charge in [-0.05, 0) is 17.5 Å². The lowest BCUT2D eigenvalue weighted by Crippen LogP contribution is -2.24. The number of hydrogen-bond donors (Lipinski definition) is 0. The molecule has 3 nitrogen and oxygen atoms in total. The Morgan fingerprint density at radius 2 is 1.89 bits per heavy atom. The fourth-order valence-corrected chi connectivity index (χ4v) is 4.45. The maximum atomic E-state index is 6.21. The molecule has 6 heteroatoms. The summed E-state index contributed by atoms with van der Waals surface area (Å²) in [4.78, 5) is 0. The third-order valence-electron chi connectivity index (χ3n) is 2.58. The van der Waals surface area contributed by atoms with Gasteiger partial charge in [-0.3, -0.25) is 0 Å². The van der Waals surface area contributed by atoms with Gasteiger partial charge in [-0.25, -0.2) is 0 Å². The van der Waals surface area contributed by atoms with Crippen LogP contribution in [0.2, 0.25) is 24.7 Å². The Kier molecular flexibility index (Phi) is 4.38. The molecule has 0 atom stereocenters. The molecule has 0 spiro atoms. The second kappa shape index (κ2) is 5.69. The van der Waals surface area contributed by atoms with Crippen molar-refractivity contribution < 1.29 is 0 Å². The van der Waals surface area contributed by atoms with Gasteiger partial charge in [0, 0.05) is 12.6 Å². The van der Waals surface area contributed by atoms with E-state index in [4.69, 9.17) is 11.6 Å². The van der Waals surface area contributed by atoms with E-state index in [-0.39, 0.29) is 0 Å². The first-order chi connectivity index (χ1) is 8.88. The molecule has 0 aliphatic rings. The van der Waals surface area contributed by atoms with E-state index in [9.17, 15) is 0 Å². The zero-order valence-electron chi connectivity index (χ0n) is 11.6. The van der Waals surface area contributed by atoms with Gasteiger partial charge >= 0.3 is 0 Å². The van der Waals surface area contributed by atoms with Gasteiger partial charge in [0.05, 0.1) is 13.1 Å². The molecule has 0 amide bonds. The van der Waals surface area contributed by atoms with Crippen LogP contribution in [-0.4, -0.2) is 28.2 Å². The van der Waals surface area contributed by atoms with Crippen LogP contribution in [0.4, 0.5) is 0 Å². The molecule has 0 unspecified atom stereocenters. The summed E-state index contributed by atoms with van der Waals surface area (Å²) >= 11 is 7.99. The molecule has 1 heterocycles. The Balaban J connectivity index is 2.26. The number of hydrogen-bond acceptors (Lipinski definition) is 3. The normalized spacial score (nSPS) is 11.8. The highest BCUT2D eigenvalue weighted by atomic mass is 35.5. The fourth-order valence-electron chi connectivity index (χ4n) is 1.60. The number of nitrogens with zero attached hydrogens (tertiary/aromatic N) is 3. The van der Waals surface area contributed by atoms with Crippen molar-refractivity contribution in [1.29, 1.82) is 0 Å². The van der Waals surface area contributed by atoms with Crippen molar-refractivity contribution in [2.45, 2.75) is 24.8 Å². The van der Waals surface area contributed by atoms with Crippen molar-refractivity contribution >= 4 is 31.4 Å². The van der Waals surface area contributed by atoms with Crippen molar-refractivity contribution in [2.24, 2.45) is 7.05 Å². The Hall–Kier alpha value is -0.783. The first-order valence-corrected chi connectivity index (χ1v) is 11.2. The van der Waals surface area contributed by atoms with Crippen molar-refractivity contribution in [3.05, 3.63) is 29.3 Å². The van der Waals surface area contributed by atoms with Gasteiger partial charge in [-0.2, -0.15) is 0 Å². The molecular weight excluding hydrogens is 294 g/mol. The monoisotopic (exact) mass is 311 g/mol. The third kappa shape index (κ3) is 3.61. The van der Waals surface area contributed by atoms with Gasteiger partial charge in [0.1, 0.15) is 0 Å². The van der Waals surface area contributed by atoms with Gasteiger partial charge in [-0.15, -0.1) is 10.2 Å². The molecule has 0 aliphatic carbocycles. The molecule has 1 aromatic heterocycles. The molecule has 0 N–H and O–H groups in total. The van der Waals surface area contributed by atoms with E-state index in [0.717, 1.165) is 21.9 Å². The van der Waals surface area contributed by atoms with Gasteiger partial charge in [0.2, 0.25) is 0 Å². The zero-order valence-corrected chi connectivity index (χ0v) is 14.2. The van der Waals surface area contributed by atoms with Crippen LogP contribution in [0.5, 0.6) is 0 Å². The van der Waals surface area contributed by atoms with Crippen LogP contribution < -0.4 is 0 Å². The van der Waals surface area contributed by atoms with Crippen molar-refractivity contribution in [2.75, 3.05) is 5.38 Å². The fraction of sp³-hybridized carbons (Fsp3) is 0.385. The number of rotatable bonds is 4. The van der Waals surface area contributed by atoms with Gasteiger partial charge in [-0.1, -0.05) is 55.1 Å². The van der Waals surface area contributed by atoms with Crippen LogP contribution in [0.3, 0.4) is 0 Å². The summed E-state index contributed by atoms with van der Waals surface area (Å²) in [6.45, 7) is 7.06. The van der Waals surface area contributed by atoms with Crippen molar-refractivity contribution in [3.8, 4) is 11.4 Å². The Morgan fingerprint density at radius 1 is 1.21 bits per heavy atom.